The van der Waals surface area contributed by atoms with Gasteiger partial charge in [0.25, 0.3) is 0 Å². The van der Waals surface area contributed by atoms with Crippen molar-refractivity contribution in [1.29, 1.82) is 0 Å². The molecule has 0 aliphatic rings. The molecule has 0 saturated carbocycles. The summed E-state index contributed by atoms with van der Waals surface area (Å²) >= 11 is 0. The molecule has 0 saturated heterocycles. The zero-order valence-electron chi connectivity index (χ0n) is 14.8. The molecule has 0 aliphatic carbocycles. The zero-order chi connectivity index (χ0) is 17.6. The van der Waals surface area contributed by atoms with Crippen molar-refractivity contribution in [2.45, 2.75) is 13.8 Å². The first-order valence-electron chi connectivity index (χ1n) is 8.33. The van der Waals surface area contributed by atoms with Gasteiger partial charge in [0, 0.05) is 29.8 Å². The van der Waals surface area contributed by atoms with Crippen molar-refractivity contribution in [1.82, 2.24) is 9.97 Å². The minimum atomic E-state index is 0.543. The molecule has 2 aromatic heterocycles. The van der Waals surface area contributed by atoms with E-state index < -0.39 is 0 Å². The van der Waals surface area contributed by atoms with Crippen molar-refractivity contribution in [3.63, 3.8) is 0 Å². The third-order valence-corrected chi connectivity index (χ3v) is 3.93. The highest BCUT2D eigenvalue weighted by Gasteiger charge is 2.07. The summed E-state index contributed by atoms with van der Waals surface area (Å²) in [5.74, 6) is 1.42. The maximum absolute atomic E-state index is 5.73. The smallest absolute Gasteiger partial charge is 0.212 e. The molecule has 0 aliphatic heterocycles. The number of aryl methyl sites for hydroxylation is 1. The summed E-state index contributed by atoms with van der Waals surface area (Å²) in [6, 6.07) is 11.8. The fourth-order valence-electron chi connectivity index (χ4n) is 2.63. The maximum atomic E-state index is 5.73. The summed E-state index contributed by atoms with van der Waals surface area (Å²) in [5, 5.41) is 1.08. The molecule has 0 spiro atoms. The highest BCUT2D eigenvalue weighted by atomic mass is 16.5. The number of pyridine rings is 2. The summed E-state index contributed by atoms with van der Waals surface area (Å²) in [4.78, 5) is 9.00. The van der Waals surface area contributed by atoms with E-state index in [-0.39, 0.29) is 0 Å². The molecule has 3 rings (SSSR count). The van der Waals surface area contributed by atoms with E-state index in [1.807, 2.05) is 37.3 Å². The number of fused-ring (bicyclic) bond motifs is 1. The van der Waals surface area contributed by atoms with Crippen molar-refractivity contribution in [2.75, 3.05) is 26.9 Å². The van der Waals surface area contributed by atoms with Crippen LogP contribution >= 0.6 is 0 Å². The monoisotopic (exact) mass is 338 g/mol. The molecule has 5 nitrogen and oxygen atoms in total. The van der Waals surface area contributed by atoms with Gasteiger partial charge in [-0.15, -0.1) is 0 Å². The van der Waals surface area contributed by atoms with Crippen LogP contribution < -0.4 is 9.47 Å². The van der Waals surface area contributed by atoms with E-state index in [4.69, 9.17) is 19.2 Å². The Labute approximate surface area is 147 Å². The minimum Gasteiger partial charge on any atom is -0.491 e. The number of nitrogens with zero attached hydrogens (tertiary/aromatic N) is 2. The third-order valence-electron chi connectivity index (χ3n) is 3.93. The van der Waals surface area contributed by atoms with Crippen molar-refractivity contribution in [2.24, 2.45) is 0 Å². The lowest BCUT2D eigenvalue weighted by Crippen LogP contribution is -2.06. The van der Waals surface area contributed by atoms with Crippen LogP contribution in [0, 0.1) is 6.92 Å². The van der Waals surface area contributed by atoms with Gasteiger partial charge in [0.05, 0.1) is 24.9 Å². The number of aromatic nitrogens is 2. The molecule has 25 heavy (non-hydrogen) atoms. The zero-order valence-corrected chi connectivity index (χ0v) is 14.8. The van der Waals surface area contributed by atoms with Gasteiger partial charge in [0.15, 0.2) is 0 Å². The number of rotatable bonds is 7. The normalized spacial score (nSPS) is 10.8. The summed E-state index contributed by atoms with van der Waals surface area (Å²) < 4.78 is 16.1. The standard InChI is InChI=1S/C20H22N2O3/c1-4-24-9-10-25-16-6-7-18-17(12-16)14(2)11-19(22-18)15-5-8-20(23-3)21-13-15/h5-8,11-13H,4,9-10H2,1-3H3. The molecular weight excluding hydrogens is 316 g/mol. The predicted molar refractivity (Wildman–Crippen MR) is 98.3 cm³/mol. The van der Waals surface area contributed by atoms with Crippen LogP contribution in [0.1, 0.15) is 12.5 Å². The van der Waals surface area contributed by atoms with Gasteiger partial charge >= 0.3 is 0 Å². The molecule has 2 heterocycles. The molecule has 3 aromatic rings. The Balaban J connectivity index is 1.86. The summed E-state index contributed by atoms with van der Waals surface area (Å²) in [6.45, 7) is 5.89. The van der Waals surface area contributed by atoms with Gasteiger partial charge in [-0.25, -0.2) is 9.97 Å². The largest absolute Gasteiger partial charge is 0.491 e. The Morgan fingerprint density at radius 3 is 2.64 bits per heavy atom. The molecule has 1 aromatic carbocycles. The van der Waals surface area contributed by atoms with E-state index >= 15 is 0 Å². The second-order valence-corrected chi connectivity index (χ2v) is 5.64. The lowest BCUT2D eigenvalue weighted by Gasteiger charge is -2.10. The van der Waals surface area contributed by atoms with E-state index in [1.54, 1.807) is 13.3 Å². The lowest BCUT2D eigenvalue weighted by molar-refractivity contribution is 0.110. The first-order chi connectivity index (χ1) is 12.2. The number of ether oxygens (including phenoxy) is 3. The van der Waals surface area contributed by atoms with Crippen molar-refractivity contribution < 1.29 is 14.2 Å². The highest BCUT2D eigenvalue weighted by Crippen LogP contribution is 2.27. The fourth-order valence-corrected chi connectivity index (χ4v) is 2.63. The molecule has 0 fully saturated rings. The van der Waals surface area contributed by atoms with E-state index in [0.717, 1.165) is 33.5 Å². The summed E-state index contributed by atoms with van der Waals surface area (Å²) in [7, 11) is 1.61. The van der Waals surface area contributed by atoms with Crippen LogP contribution in [0.25, 0.3) is 22.2 Å². The van der Waals surface area contributed by atoms with Crippen LogP contribution in [0.5, 0.6) is 11.6 Å². The Morgan fingerprint density at radius 1 is 1.04 bits per heavy atom. The first kappa shape index (κ1) is 17.2. The molecule has 0 atom stereocenters. The SMILES string of the molecule is CCOCCOc1ccc2nc(-c3ccc(OC)nc3)cc(C)c2c1. The van der Waals surface area contributed by atoms with E-state index in [0.29, 0.717) is 25.7 Å². The number of hydrogen-bond donors (Lipinski definition) is 0. The van der Waals surface area contributed by atoms with Gasteiger partial charge in [-0.2, -0.15) is 0 Å². The van der Waals surface area contributed by atoms with Gasteiger partial charge in [0.1, 0.15) is 12.4 Å². The molecule has 0 unspecified atom stereocenters. The first-order valence-corrected chi connectivity index (χ1v) is 8.33. The van der Waals surface area contributed by atoms with Crippen LogP contribution in [0.3, 0.4) is 0 Å². The van der Waals surface area contributed by atoms with Crippen LogP contribution in [0.15, 0.2) is 42.6 Å². The van der Waals surface area contributed by atoms with Crippen molar-refractivity contribution in [3.05, 3.63) is 48.2 Å². The summed E-state index contributed by atoms with van der Waals surface area (Å²) in [5.41, 5.74) is 3.93. The predicted octanol–water partition coefficient (Wildman–Crippen LogP) is 4.03. The Morgan fingerprint density at radius 2 is 1.92 bits per heavy atom. The molecule has 5 heteroatoms. The topological polar surface area (TPSA) is 53.5 Å². The average molecular weight is 338 g/mol. The van der Waals surface area contributed by atoms with E-state index in [9.17, 15) is 0 Å². The Kier molecular flexibility index (Phi) is 5.46. The molecule has 130 valence electrons. The summed E-state index contributed by atoms with van der Waals surface area (Å²) in [6.07, 6.45) is 1.78. The van der Waals surface area contributed by atoms with Crippen molar-refractivity contribution in [3.8, 4) is 22.9 Å². The lowest BCUT2D eigenvalue weighted by atomic mass is 10.1. The number of benzene rings is 1. The van der Waals surface area contributed by atoms with Gasteiger partial charge in [-0.3, -0.25) is 0 Å². The molecule has 0 amide bonds. The number of methoxy groups -OCH3 is 1. The van der Waals surface area contributed by atoms with Gasteiger partial charge in [-0.05, 0) is 49.7 Å². The van der Waals surface area contributed by atoms with Gasteiger partial charge in [0.2, 0.25) is 5.88 Å². The fraction of sp³-hybridized carbons (Fsp3) is 0.300. The van der Waals surface area contributed by atoms with Crippen molar-refractivity contribution >= 4 is 10.9 Å². The van der Waals surface area contributed by atoms with Crippen LogP contribution in [-0.2, 0) is 4.74 Å². The Bertz CT molecular complexity index is 847. The van der Waals surface area contributed by atoms with Crippen LogP contribution in [-0.4, -0.2) is 36.9 Å². The van der Waals surface area contributed by atoms with Crippen LogP contribution in [0.2, 0.25) is 0 Å². The van der Waals surface area contributed by atoms with Gasteiger partial charge in [-0.1, -0.05) is 0 Å². The molecule has 0 N–H and O–H groups in total. The molecule has 0 bridgehead atoms. The highest BCUT2D eigenvalue weighted by molar-refractivity contribution is 5.86. The Hall–Kier alpha value is -2.66. The second kappa shape index (κ2) is 7.94. The van der Waals surface area contributed by atoms with Gasteiger partial charge < -0.3 is 14.2 Å². The van der Waals surface area contributed by atoms with Crippen LogP contribution in [0.4, 0.5) is 0 Å². The second-order valence-electron chi connectivity index (χ2n) is 5.64. The maximum Gasteiger partial charge on any atom is 0.212 e. The molecule has 0 radical (unpaired) electrons. The minimum absolute atomic E-state index is 0.543. The molecular formula is C20H22N2O3. The number of hydrogen-bond acceptors (Lipinski definition) is 5. The van der Waals surface area contributed by atoms with E-state index in [2.05, 4.69) is 18.0 Å². The third kappa shape index (κ3) is 4.06. The average Bonchev–Trinajstić information content (AvgIpc) is 2.65. The van der Waals surface area contributed by atoms with E-state index in [1.165, 1.54) is 0 Å². The quantitative estimate of drug-likeness (QED) is 0.609.